The van der Waals surface area contributed by atoms with Gasteiger partial charge in [-0.15, -0.1) is 0 Å². The first-order chi connectivity index (χ1) is 14.2. The highest BCUT2D eigenvalue weighted by molar-refractivity contribution is 6.05. The summed E-state index contributed by atoms with van der Waals surface area (Å²) in [4.78, 5) is 13.8. The molecule has 1 saturated heterocycles. The molecule has 0 aliphatic carbocycles. The lowest BCUT2D eigenvalue weighted by molar-refractivity contribution is 0.313. The fourth-order valence-electron chi connectivity index (χ4n) is 3.70. The minimum Gasteiger partial charge on any atom is -0.497 e. The second-order valence-corrected chi connectivity index (χ2v) is 7.35. The van der Waals surface area contributed by atoms with Crippen molar-refractivity contribution in [3.05, 3.63) is 48.8 Å². The average Bonchev–Trinajstić information content (AvgIpc) is 3.12. The molecule has 1 aromatic carbocycles. The molecule has 0 atom stereocenters. The van der Waals surface area contributed by atoms with Crippen LogP contribution >= 0.6 is 0 Å². The van der Waals surface area contributed by atoms with Gasteiger partial charge in [0.25, 0.3) is 0 Å². The first kappa shape index (κ1) is 17.8. The van der Waals surface area contributed by atoms with Crippen molar-refractivity contribution in [3.8, 4) is 5.75 Å². The Hall–Kier alpha value is -3.32. The molecule has 7 heteroatoms. The van der Waals surface area contributed by atoms with Crippen molar-refractivity contribution < 1.29 is 9.15 Å². The number of nitrogens with one attached hydrogen (secondary N) is 1. The lowest BCUT2D eigenvalue weighted by atomic mass is 10.2. The maximum absolute atomic E-state index is 5.90. The van der Waals surface area contributed by atoms with E-state index in [-0.39, 0.29) is 0 Å². The number of furan rings is 1. The minimum absolute atomic E-state index is 0.732. The van der Waals surface area contributed by atoms with Crippen molar-refractivity contribution in [1.29, 1.82) is 0 Å². The van der Waals surface area contributed by atoms with Crippen molar-refractivity contribution in [2.75, 3.05) is 50.6 Å². The van der Waals surface area contributed by atoms with Gasteiger partial charge in [0.05, 0.1) is 25.2 Å². The molecular formula is C22H23N5O2. The molecule has 0 saturated carbocycles. The van der Waals surface area contributed by atoms with Gasteiger partial charge in [0.2, 0.25) is 0 Å². The standard InChI is InChI=1S/C22H23N5O2/c1-26-7-9-27(10-8-26)15-3-6-21(23-13-15)25-22-12-18-17-5-4-16(28-2)11-19(17)29-20(18)14-24-22/h3-6,11-14H,7-10H2,1-2H3,(H,23,24,25). The largest absolute Gasteiger partial charge is 0.497 e. The zero-order valence-electron chi connectivity index (χ0n) is 16.6. The highest BCUT2D eigenvalue weighted by atomic mass is 16.5. The van der Waals surface area contributed by atoms with E-state index in [2.05, 4.69) is 38.2 Å². The Bertz CT molecular complexity index is 1150. The van der Waals surface area contributed by atoms with Gasteiger partial charge < -0.3 is 24.3 Å². The number of rotatable bonds is 4. The van der Waals surface area contributed by atoms with E-state index in [0.717, 1.165) is 71.2 Å². The summed E-state index contributed by atoms with van der Waals surface area (Å²) in [6.07, 6.45) is 3.66. The van der Waals surface area contributed by atoms with Gasteiger partial charge in [-0.25, -0.2) is 9.97 Å². The summed E-state index contributed by atoms with van der Waals surface area (Å²) in [6.45, 7) is 4.21. The molecule has 1 aliphatic rings. The highest BCUT2D eigenvalue weighted by Gasteiger charge is 2.15. The first-order valence-electron chi connectivity index (χ1n) is 9.72. The molecule has 5 rings (SSSR count). The lowest BCUT2D eigenvalue weighted by Crippen LogP contribution is -2.44. The van der Waals surface area contributed by atoms with E-state index in [1.54, 1.807) is 13.3 Å². The van der Waals surface area contributed by atoms with Crippen LogP contribution in [0.1, 0.15) is 0 Å². The number of likely N-dealkylation sites (N-methyl/N-ethyl adjacent to an activating group) is 1. The number of fused-ring (bicyclic) bond motifs is 3. The minimum atomic E-state index is 0.732. The normalized spacial score (nSPS) is 15.2. The quantitative estimate of drug-likeness (QED) is 0.568. The van der Waals surface area contributed by atoms with E-state index in [1.807, 2.05) is 36.5 Å². The zero-order chi connectivity index (χ0) is 19.8. The van der Waals surface area contributed by atoms with Gasteiger partial charge >= 0.3 is 0 Å². The predicted molar refractivity (Wildman–Crippen MR) is 115 cm³/mol. The monoisotopic (exact) mass is 389 g/mol. The summed E-state index contributed by atoms with van der Waals surface area (Å²) in [6, 6.07) is 11.9. The molecule has 29 heavy (non-hydrogen) atoms. The van der Waals surface area contributed by atoms with Gasteiger partial charge in [-0.3, -0.25) is 0 Å². The van der Waals surface area contributed by atoms with Crippen LogP contribution in [0, 0.1) is 0 Å². The number of nitrogens with zero attached hydrogens (tertiary/aromatic N) is 4. The van der Waals surface area contributed by atoms with Crippen LogP contribution < -0.4 is 15.0 Å². The van der Waals surface area contributed by atoms with Crippen molar-refractivity contribution >= 4 is 39.3 Å². The molecule has 0 unspecified atom stereocenters. The van der Waals surface area contributed by atoms with Crippen LogP contribution in [0.2, 0.25) is 0 Å². The van der Waals surface area contributed by atoms with Gasteiger partial charge in [-0.1, -0.05) is 0 Å². The van der Waals surface area contributed by atoms with Crippen LogP contribution in [0.25, 0.3) is 21.9 Å². The van der Waals surface area contributed by atoms with Crippen LogP contribution in [-0.2, 0) is 0 Å². The van der Waals surface area contributed by atoms with E-state index in [4.69, 9.17) is 9.15 Å². The number of aromatic nitrogens is 2. The third-order valence-electron chi connectivity index (χ3n) is 5.44. The second-order valence-electron chi connectivity index (χ2n) is 7.35. The number of ether oxygens (including phenoxy) is 1. The molecule has 0 amide bonds. The average molecular weight is 389 g/mol. The predicted octanol–water partition coefficient (Wildman–Crippen LogP) is 3.88. The first-order valence-corrected chi connectivity index (χ1v) is 9.72. The summed E-state index contributed by atoms with van der Waals surface area (Å²) in [5.74, 6) is 2.27. The fraction of sp³-hybridized carbons (Fsp3) is 0.273. The van der Waals surface area contributed by atoms with Gasteiger partial charge in [0.1, 0.15) is 23.0 Å². The SMILES string of the molecule is COc1ccc2c(c1)oc1cnc(Nc3ccc(N4CCN(C)CC4)cn3)cc12. The Labute approximate surface area is 168 Å². The number of benzene rings is 1. The number of anilines is 3. The van der Waals surface area contributed by atoms with E-state index >= 15 is 0 Å². The van der Waals surface area contributed by atoms with Crippen LogP contribution in [0.5, 0.6) is 5.75 Å². The Morgan fingerprint density at radius 3 is 2.48 bits per heavy atom. The van der Waals surface area contributed by atoms with E-state index in [0.29, 0.717) is 0 Å². The van der Waals surface area contributed by atoms with Gasteiger partial charge in [0.15, 0.2) is 5.58 Å². The molecule has 148 valence electrons. The molecule has 0 spiro atoms. The van der Waals surface area contributed by atoms with E-state index < -0.39 is 0 Å². The summed E-state index contributed by atoms with van der Waals surface area (Å²) in [5, 5.41) is 5.34. The summed E-state index contributed by atoms with van der Waals surface area (Å²) in [7, 11) is 3.81. The zero-order valence-corrected chi connectivity index (χ0v) is 16.6. The van der Waals surface area contributed by atoms with E-state index in [9.17, 15) is 0 Å². The third-order valence-corrected chi connectivity index (χ3v) is 5.44. The molecule has 3 aromatic heterocycles. The lowest BCUT2D eigenvalue weighted by Gasteiger charge is -2.33. The number of methoxy groups -OCH3 is 1. The number of hydrogen-bond acceptors (Lipinski definition) is 7. The molecule has 4 heterocycles. The molecule has 4 aromatic rings. The number of pyridine rings is 2. The van der Waals surface area contributed by atoms with Crippen LogP contribution in [-0.4, -0.2) is 55.2 Å². The second kappa shape index (κ2) is 7.25. The number of piperazine rings is 1. The van der Waals surface area contributed by atoms with Crippen molar-refractivity contribution in [2.24, 2.45) is 0 Å². The Morgan fingerprint density at radius 2 is 1.72 bits per heavy atom. The summed E-state index contributed by atoms with van der Waals surface area (Å²) in [5.41, 5.74) is 2.69. The molecule has 0 bridgehead atoms. The van der Waals surface area contributed by atoms with Crippen LogP contribution in [0.4, 0.5) is 17.3 Å². The fourth-order valence-corrected chi connectivity index (χ4v) is 3.70. The number of hydrogen-bond donors (Lipinski definition) is 1. The molecule has 1 fully saturated rings. The van der Waals surface area contributed by atoms with Crippen LogP contribution in [0.3, 0.4) is 0 Å². The topological polar surface area (TPSA) is 66.7 Å². The molecule has 0 radical (unpaired) electrons. The van der Waals surface area contributed by atoms with Gasteiger partial charge in [-0.05, 0) is 37.4 Å². The molecular weight excluding hydrogens is 366 g/mol. The third kappa shape index (κ3) is 3.45. The maximum atomic E-state index is 5.90. The highest BCUT2D eigenvalue weighted by Crippen LogP contribution is 2.32. The van der Waals surface area contributed by atoms with Crippen molar-refractivity contribution in [3.63, 3.8) is 0 Å². The molecule has 1 aliphatic heterocycles. The maximum Gasteiger partial charge on any atom is 0.153 e. The van der Waals surface area contributed by atoms with Crippen molar-refractivity contribution in [1.82, 2.24) is 14.9 Å². The van der Waals surface area contributed by atoms with Gasteiger partial charge in [-0.2, -0.15) is 0 Å². The summed E-state index contributed by atoms with van der Waals surface area (Å²) >= 11 is 0. The Morgan fingerprint density at radius 1 is 0.897 bits per heavy atom. The van der Waals surface area contributed by atoms with Gasteiger partial charge in [0, 0.05) is 43.0 Å². The van der Waals surface area contributed by atoms with E-state index in [1.165, 1.54) is 0 Å². The van der Waals surface area contributed by atoms with Crippen molar-refractivity contribution in [2.45, 2.75) is 0 Å². The smallest absolute Gasteiger partial charge is 0.153 e. The summed E-state index contributed by atoms with van der Waals surface area (Å²) < 4.78 is 11.2. The molecule has 7 nitrogen and oxygen atoms in total. The molecule has 1 N–H and O–H groups in total. The Kier molecular flexibility index (Phi) is 4.44. The Balaban J connectivity index is 1.37. The van der Waals surface area contributed by atoms with Crippen LogP contribution in [0.15, 0.2) is 53.2 Å².